The maximum absolute atomic E-state index is 13.0. The smallest absolute Gasteiger partial charge is 0 e. The van der Waals surface area contributed by atoms with Gasteiger partial charge in [-0.3, -0.25) is 0 Å². The molecule has 1 aromatic carbocycles. The Labute approximate surface area is 207 Å². The van der Waals surface area contributed by atoms with E-state index in [1.165, 1.54) is 5.56 Å². The molecule has 2 atom stereocenters. The van der Waals surface area contributed by atoms with E-state index in [2.05, 4.69) is 40.4 Å². The van der Waals surface area contributed by atoms with Gasteiger partial charge in [0.1, 0.15) is 0 Å². The van der Waals surface area contributed by atoms with E-state index in [9.17, 15) is 4.79 Å². The first-order chi connectivity index (χ1) is 13.0. The summed E-state index contributed by atoms with van der Waals surface area (Å²) in [5.41, 5.74) is 8.86. The number of anilines is 1. The van der Waals surface area contributed by atoms with Crippen LogP contribution in [0.2, 0.25) is 0 Å². The molecule has 1 heterocycles. The number of hydrogen-bond acceptors (Lipinski definition) is 3. The molecule has 1 spiro atoms. The van der Waals surface area contributed by atoms with E-state index in [1.54, 1.807) is 11.0 Å². The van der Waals surface area contributed by atoms with Crippen molar-refractivity contribution in [2.75, 3.05) is 11.4 Å². The van der Waals surface area contributed by atoms with E-state index in [1.807, 2.05) is 32.0 Å². The van der Waals surface area contributed by atoms with Crippen molar-refractivity contribution < 1.29 is 52.9 Å². The Bertz CT molecular complexity index is 752. The van der Waals surface area contributed by atoms with Gasteiger partial charge in [0.2, 0.25) is 0 Å². The van der Waals surface area contributed by atoms with Crippen molar-refractivity contribution in [2.24, 2.45) is 11.1 Å². The van der Waals surface area contributed by atoms with Gasteiger partial charge in [-0.1, -0.05) is 13.8 Å². The van der Waals surface area contributed by atoms with Crippen LogP contribution in [-0.2, 0) is 28.2 Å². The van der Waals surface area contributed by atoms with E-state index in [0.717, 1.165) is 37.8 Å². The minimum atomic E-state index is -0.189. The average Bonchev–Trinajstić information content (AvgIpc) is 2.94. The molecule has 2 unspecified atom stereocenters. The van der Waals surface area contributed by atoms with Crippen molar-refractivity contribution in [3.8, 4) is 0 Å². The molecule has 2 aliphatic rings. The third-order valence-corrected chi connectivity index (χ3v) is 6.43. The molecular weight excluding hydrogens is 629 g/mol. The number of benzene rings is 1. The molecule has 1 aliphatic heterocycles. The van der Waals surface area contributed by atoms with Crippen molar-refractivity contribution in [1.29, 1.82) is 0 Å². The van der Waals surface area contributed by atoms with Crippen LogP contribution < -0.4 is 10.6 Å². The summed E-state index contributed by atoms with van der Waals surface area (Å²) in [4.78, 5) is 15.3. The van der Waals surface area contributed by atoms with E-state index >= 15 is 0 Å². The SMILES string of the molecule is CC.[CH-]=C(/C=C(/S)[C-]=[V])C(=O)N1CCC2(CCCC2N)Cc2ccccc21.[U]. The predicted octanol–water partition coefficient (Wildman–Crippen LogP) is 3.89. The minimum Gasteiger partial charge on any atom is 0 e. The van der Waals surface area contributed by atoms with Gasteiger partial charge in [-0.2, -0.15) is 0 Å². The van der Waals surface area contributed by atoms with E-state index in [-0.39, 0.29) is 54.1 Å². The molecule has 149 valence electrons. The van der Waals surface area contributed by atoms with Gasteiger partial charge in [0.05, 0.1) is 0 Å². The Morgan fingerprint density at radius 2 is 2.07 bits per heavy atom. The van der Waals surface area contributed by atoms with Crippen molar-refractivity contribution in [3.05, 3.63) is 53.0 Å². The van der Waals surface area contributed by atoms with Gasteiger partial charge in [0.25, 0.3) is 0 Å². The second kappa shape index (κ2) is 12.0. The first kappa shape index (κ1) is 26.0. The van der Waals surface area contributed by atoms with Crippen LogP contribution in [-0.4, -0.2) is 23.2 Å². The molecule has 3 rings (SSSR count). The minimum absolute atomic E-state index is 0. The second-order valence-electron chi connectivity index (χ2n) is 6.97. The summed E-state index contributed by atoms with van der Waals surface area (Å²) < 4.78 is 2.81. The van der Waals surface area contributed by atoms with E-state index in [0.29, 0.717) is 11.4 Å². The molecule has 28 heavy (non-hydrogen) atoms. The average molecular weight is 658 g/mol. The van der Waals surface area contributed by atoms with Gasteiger partial charge in [0, 0.05) is 31.1 Å². The van der Waals surface area contributed by atoms with Crippen molar-refractivity contribution in [3.63, 3.8) is 0 Å². The fourth-order valence-corrected chi connectivity index (χ4v) is 4.39. The first-order valence-corrected chi connectivity index (χ1v) is 10.7. The zero-order chi connectivity index (χ0) is 20.0. The molecule has 1 aliphatic carbocycles. The summed E-state index contributed by atoms with van der Waals surface area (Å²) in [7, 11) is 0. The summed E-state index contributed by atoms with van der Waals surface area (Å²) >= 11 is 6.41. The molecule has 2 N–H and O–H groups in total. The Morgan fingerprint density at radius 1 is 1.39 bits per heavy atom. The third kappa shape index (κ3) is 5.78. The number of nitrogens with two attached hydrogens (primary N) is 1. The number of fused-ring (bicyclic) bond motifs is 1. The first-order valence-electron chi connectivity index (χ1n) is 9.55. The van der Waals surface area contributed by atoms with Crippen LogP contribution in [0.4, 0.5) is 5.69 Å². The Hall–Kier alpha value is -0.0136. The summed E-state index contributed by atoms with van der Waals surface area (Å²) in [5.74, 6) is -0.189. The standard InChI is InChI=1S/C20H22N2OS.C2H6.U.V/c1-14(12-15(2)24)19(23)22-11-10-20(9-5-8-18(20)21)13-16-6-3-4-7-17(16)22;1-2;;/h1,3-4,6-7,12,18,24H,5,8-11,13,21H2;1-2H3;;/q-2;;;/b15-12+;;;. The topological polar surface area (TPSA) is 46.3 Å². The van der Waals surface area contributed by atoms with Gasteiger partial charge in [-0.15, -0.1) is 0 Å². The maximum atomic E-state index is 13.0. The number of para-hydroxylation sites is 1. The Balaban J connectivity index is 0.00000127. The monoisotopic (exact) mass is 657 g/mol. The van der Waals surface area contributed by atoms with Crippen LogP contribution in [0.1, 0.15) is 45.1 Å². The zero-order valence-corrected chi connectivity index (χ0v) is 23.1. The molecule has 0 bridgehead atoms. The van der Waals surface area contributed by atoms with Crippen LogP contribution in [0.3, 0.4) is 0 Å². The van der Waals surface area contributed by atoms with E-state index in [4.69, 9.17) is 12.3 Å². The zero-order valence-electron chi connectivity index (χ0n) is 16.6. The molecule has 0 saturated heterocycles. The fraction of sp³-hybridized carbons (Fsp3) is 0.455. The van der Waals surface area contributed by atoms with Gasteiger partial charge < -0.3 is 0 Å². The summed E-state index contributed by atoms with van der Waals surface area (Å²) in [6, 6.07) is 8.30. The summed E-state index contributed by atoms with van der Waals surface area (Å²) in [6.07, 6.45) is 6.74. The van der Waals surface area contributed by atoms with Crippen molar-refractivity contribution in [1.82, 2.24) is 0 Å². The number of carbonyl (C=O) groups excluding carboxylic acids is 1. The van der Waals surface area contributed by atoms with Gasteiger partial charge in [-0.05, 0) is 0 Å². The molecule has 0 radical (unpaired) electrons. The van der Waals surface area contributed by atoms with Crippen molar-refractivity contribution >= 4 is 29.0 Å². The molecular formula is C22H28N2OSUV-2. The van der Waals surface area contributed by atoms with Crippen LogP contribution in [0.25, 0.3) is 0 Å². The number of nitrogens with zero attached hydrogens (tertiary/aromatic N) is 1. The normalized spacial score (nSPS) is 23.6. The van der Waals surface area contributed by atoms with Crippen LogP contribution in [0.15, 0.2) is 40.8 Å². The molecule has 1 amide bonds. The summed E-state index contributed by atoms with van der Waals surface area (Å²) in [6.45, 7) is 10.7. The number of thiol groups is 1. The third-order valence-electron chi connectivity index (χ3n) is 5.53. The summed E-state index contributed by atoms with van der Waals surface area (Å²) in [5, 5.41) is 0. The fourth-order valence-electron chi connectivity index (χ4n) is 4.15. The maximum Gasteiger partial charge on any atom is 0 e. The van der Waals surface area contributed by atoms with Crippen molar-refractivity contribution in [2.45, 2.75) is 52.0 Å². The van der Waals surface area contributed by atoms with Crippen LogP contribution in [0.5, 0.6) is 0 Å². The largest absolute Gasteiger partial charge is 0 e. The predicted molar refractivity (Wildman–Crippen MR) is 113 cm³/mol. The molecule has 6 heteroatoms. The van der Waals surface area contributed by atoms with Gasteiger partial charge >= 0.3 is 164 Å². The number of amides is 1. The molecule has 1 fully saturated rings. The number of allylic oxidation sites excluding steroid dienone is 1. The number of hydrogen-bond donors (Lipinski definition) is 2. The number of carbonyl (C=O) groups is 1. The van der Waals surface area contributed by atoms with Crippen LogP contribution >= 0.6 is 12.6 Å². The van der Waals surface area contributed by atoms with Gasteiger partial charge in [-0.25, -0.2) is 0 Å². The van der Waals surface area contributed by atoms with E-state index < -0.39 is 0 Å². The molecule has 1 aromatic rings. The van der Waals surface area contributed by atoms with Crippen LogP contribution in [0, 0.1) is 43.1 Å². The molecule has 3 nitrogen and oxygen atoms in total. The molecule has 0 aromatic heterocycles. The number of rotatable bonds is 3. The quantitative estimate of drug-likeness (QED) is 0.225. The Morgan fingerprint density at radius 3 is 2.68 bits per heavy atom. The second-order valence-corrected chi connectivity index (χ2v) is 7.80. The Kier molecular flexibility index (Phi) is 11.1. The molecule has 1 saturated carbocycles. The van der Waals surface area contributed by atoms with Gasteiger partial charge in [0.15, 0.2) is 0 Å².